The fourth-order valence-electron chi connectivity index (χ4n) is 6.46. The highest BCUT2D eigenvalue weighted by atomic mass is 19.3. The van der Waals surface area contributed by atoms with Crippen molar-refractivity contribution in [1.29, 1.82) is 0 Å². The predicted octanol–water partition coefficient (Wildman–Crippen LogP) is 4.22. The molecule has 9 nitrogen and oxygen atoms in total. The highest BCUT2D eigenvalue weighted by Gasteiger charge is 2.56. The van der Waals surface area contributed by atoms with E-state index < -0.39 is 41.2 Å². The third kappa shape index (κ3) is 4.55. The lowest BCUT2D eigenvalue weighted by atomic mass is 9.85. The summed E-state index contributed by atoms with van der Waals surface area (Å²) in [5.74, 6) is -3.51. The number of carbonyl (C=O) groups excluding carboxylic acids is 2. The summed E-state index contributed by atoms with van der Waals surface area (Å²) < 4.78 is 47.2. The molecule has 0 saturated carbocycles. The number of hydrogen-bond donors (Lipinski definition) is 2. The quantitative estimate of drug-likeness (QED) is 0.491. The maximum atomic E-state index is 15.1. The van der Waals surface area contributed by atoms with Crippen molar-refractivity contribution >= 4 is 17.8 Å². The van der Waals surface area contributed by atoms with Gasteiger partial charge in [-0.15, -0.1) is 0 Å². The Morgan fingerprint density at radius 3 is 2.51 bits per heavy atom. The molecule has 0 bridgehead atoms. The number of fused-ring (bicyclic) bond motifs is 2. The van der Waals surface area contributed by atoms with E-state index in [9.17, 15) is 9.59 Å². The molecule has 1 aliphatic carbocycles. The monoisotopic (exact) mass is 570 g/mol. The van der Waals surface area contributed by atoms with Crippen LogP contribution in [0.1, 0.15) is 79.2 Å². The highest BCUT2D eigenvalue weighted by molar-refractivity contribution is 6.00. The van der Waals surface area contributed by atoms with Crippen molar-refractivity contribution in [2.75, 3.05) is 20.8 Å². The van der Waals surface area contributed by atoms with Gasteiger partial charge in [-0.3, -0.25) is 14.5 Å². The fraction of sp³-hybridized carbons (Fsp3) is 0.500. The number of rotatable bonds is 8. The number of guanidine groups is 1. The summed E-state index contributed by atoms with van der Waals surface area (Å²) in [6.07, 6.45) is -0.0672. The average Bonchev–Trinajstić information content (AvgIpc) is 3.34. The fourth-order valence-corrected chi connectivity index (χ4v) is 6.46. The third-order valence-corrected chi connectivity index (χ3v) is 8.70. The smallest absolute Gasteiger partial charge is 0.301 e. The topological polar surface area (TPSA) is 115 Å². The summed E-state index contributed by atoms with van der Waals surface area (Å²) in [7, 11) is 2.73. The van der Waals surface area contributed by atoms with E-state index >= 15 is 8.78 Å². The Labute approximate surface area is 238 Å². The number of aliphatic imine (C=N–C) groups is 1. The van der Waals surface area contributed by atoms with Crippen LogP contribution in [-0.2, 0) is 20.2 Å². The summed E-state index contributed by atoms with van der Waals surface area (Å²) in [4.78, 5) is 33.3. The van der Waals surface area contributed by atoms with Crippen molar-refractivity contribution in [3.63, 3.8) is 0 Å². The molecule has 41 heavy (non-hydrogen) atoms. The number of nitrogens with one attached hydrogen (secondary N) is 1. The zero-order valence-electron chi connectivity index (χ0n) is 23.9. The maximum absolute atomic E-state index is 15.1. The molecule has 0 saturated heterocycles. The van der Waals surface area contributed by atoms with Crippen LogP contribution >= 0.6 is 0 Å². The summed E-state index contributed by atoms with van der Waals surface area (Å²) >= 11 is 0. The van der Waals surface area contributed by atoms with Gasteiger partial charge in [0.1, 0.15) is 17.9 Å². The van der Waals surface area contributed by atoms with Gasteiger partial charge in [0, 0.05) is 30.9 Å². The van der Waals surface area contributed by atoms with Crippen molar-refractivity contribution in [2.45, 2.75) is 75.3 Å². The Bertz CT molecular complexity index is 1390. The first-order valence-corrected chi connectivity index (χ1v) is 13.8. The molecule has 4 atom stereocenters. The van der Waals surface area contributed by atoms with Crippen LogP contribution in [-0.4, -0.2) is 60.7 Å². The molecule has 3 N–H and O–H groups in total. The standard InChI is InChI=1S/C30H36F2N4O5/c1-6-29(7-2)15-22(37)36(27(33)35-29)24-19-14-17(12-13-21(19)41-28(24,3)16-39-4)26(38)34-23-18-10-8-9-11-20(18)30(31,32)25(23)40-5/h8-14,23-25H,6-7,15-16H2,1-5H3,(H2,33,35)(H,34,38)/t23-,24-,25+,28-/m0/s1. The molecule has 2 amide bonds. The number of alkyl halides is 2. The van der Waals surface area contributed by atoms with E-state index in [1.54, 1.807) is 30.3 Å². The molecule has 3 aliphatic rings. The maximum Gasteiger partial charge on any atom is 0.301 e. The zero-order chi connectivity index (χ0) is 29.7. The van der Waals surface area contributed by atoms with Gasteiger partial charge in [0.15, 0.2) is 11.6 Å². The van der Waals surface area contributed by atoms with Gasteiger partial charge in [-0.2, -0.15) is 8.78 Å². The average molecular weight is 571 g/mol. The van der Waals surface area contributed by atoms with E-state index in [0.29, 0.717) is 29.7 Å². The molecule has 2 aromatic rings. The lowest BCUT2D eigenvalue weighted by Gasteiger charge is -2.42. The van der Waals surface area contributed by atoms with Crippen molar-refractivity contribution in [1.82, 2.24) is 10.2 Å². The minimum atomic E-state index is -3.28. The van der Waals surface area contributed by atoms with Crippen molar-refractivity contribution < 1.29 is 32.6 Å². The molecule has 0 fully saturated rings. The molecule has 2 aliphatic heterocycles. The molecule has 11 heteroatoms. The second kappa shape index (κ2) is 10.4. The van der Waals surface area contributed by atoms with Gasteiger partial charge in [-0.05, 0) is 43.5 Å². The van der Waals surface area contributed by atoms with Crippen LogP contribution in [0, 0.1) is 0 Å². The molecule has 2 heterocycles. The second-order valence-corrected chi connectivity index (χ2v) is 11.2. The van der Waals surface area contributed by atoms with E-state index in [1.165, 1.54) is 31.3 Å². The Hall–Kier alpha value is -3.57. The number of hydrogen-bond acceptors (Lipinski definition) is 7. The molecule has 0 aromatic heterocycles. The van der Waals surface area contributed by atoms with Gasteiger partial charge >= 0.3 is 5.92 Å². The number of amides is 2. The summed E-state index contributed by atoms with van der Waals surface area (Å²) in [6, 6.07) is 9.07. The molecule has 0 unspecified atom stereocenters. The van der Waals surface area contributed by atoms with Crippen LogP contribution in [0.2, 0.25) is 0 Å². The highest BCUT2D eigenvalue weighted by Crippen LogP contribution is 2.50. The summed E-state index contributed by atoms with van der Waals surface area (Å²) in [6.45, 7) is 5.89. The number of ether oxygens (including phenoxy) is 3. The van der Waals surface area contributed by atoms with Gasteiger partial charge in [-0.1, -0.05) is 38.1 Å². The van der Waals surface area contributed by atoms with Gasteiger partial charge in [0.2, 0.25) is 5.91 Å². The normalized spacial score (nSPS) is 27.6. The molecule has 220 valence electrons. The lowest BCUT2D eigenvalue weighted by Crippen LogP contribution is -2.58. The van der Waals surface area contributed by atoms with E-state index in [1.807, 2.05) is 20.8 Å². The van der Waals surface area contributed by atoms with Gasteiger partial charge < -0.3 is 25.3 Å². The van der Waals surface area contributed by atoms with Gasteiger partial charge in [0.05, 0.1) is 24.6 Å². The molecule has 2 aromatic carbocycles. The number of nitrogens with two attached hydrogens (primary N) is 1. The number of methoxy groups -OCH3 is 2. The van der Waals surface area contributed by atoms with Crippen LogP contribution in [0.4, 0.5) is 8.78 Å². The third-order valence-electron chi connectivity index (χ3n) is 8.70. The van der Waals surface area contributed by atoms with Crippen LogP contribution < -0.4 is 15.8 Å². The van der Waals surface area contributed by atoms with E-state index in [2.05, 4.69) is 5.32 Å². The summed E-state index contributed by atoms with van der Waals surface area (Å²) in [5.41, 5.74) is 5.72. The Morgan fingerprint density at radius 1 is 1.17 bits per heavy atom. The van der Waals surface area contributed by atoms with E-state index in [0.717, 1.165) is 0 Å². The van der Waals surface area contributed by atoms with E-state index in [4.69, 9.17) is 24.9 Å². The molecule has 0 radical (unpaired) electrons. The first kappa shape index (κ1) is 28.9. The predicted molar refractivity (Wildman–Crippen MR) is 148 cm³/mol. The van der Waals surface area contributed by atoms with Crippen LogP contribution in [0.3, 0.4) is 0 Å². The van der Waals surface area contributed by atoms with Gasteiger partial charge in [0.25, 0.3) is 5.91 Å². The Kier molecular flexibility index (Phi) is 7.31. The number of nitrogens with zero attached hydrogens (tertiary/aromatic N) is 2. The van der Waals surface area contributed by atoms with Crippen molar-refractivity contribution in [2.24, 2.45) is 10.7 Å². The SMILES string of the molecule is CCC1(CC)CC(=O)N([C@H]2c3cc(C(=O)N[C@H]4c5ccccc5C(F)(F)[C@@H]4OC)ccc3O[C@@]2(C)COC)C(N)=N1. The first-order chi connectivity index (χ1) is 19.4. The minimum Gasteiger partial charge on any atom is -0.482 e. The number of carbonyl (C=O) groups is 2. The number of halogens is 2. The molecule has 5 rings (SSSR count). The minimum absolute atomic E-state index is 0.0799. The Morgan fingerprint density at radius 2 is 1.88 bits per heavy atom. The molecule has 0 spiro atoms. The molecular weight excluding hydrogens is 534 g/mol. The Balaban J connectivity index is 1.51. The summed E-state index contributed by atoms with van der Waals surface area (Å²) in [5, 5.41) is 2.74. The first-order valence-electron chi connectivity index (χ1n) is 13.8. The number of benzene rings is 2. The zero-order valence-corrected chi connectivity index (χ0v) is 23.9. The van der Waals surface area contributed by atoms with Crippen LogP contribution in [0.5, 0.6) is 5.75 Å². The van der Waals surface area contributed by atoms with E-state index in [-0.39, 0.29) is 36.0 Å². The van der Waals surface area contributed by atoms with Crippen molar-refractivity contribution in [3.8, 4) is 5.75 Å². The van der Waals surface area contributed by atoms with Gasteiger partial charge in [-0.25, -0.2) is 4.99 Å². The lowest BCUT2D eigenvalue weighted by molar-refractivity contribution is -0.135. The molecular formula is C30H36F2N4O5. The largest absolute Gasteiger partial charge is 0.482 e. The van der Waals surface area contributed by atoms with Crippen LogP contribution in [0.15, 0.2) is 47.5 Å². The van der Waals surface area contributed by atoms with Crippen molar-refractivity contribution in [3.05, 3.63) is 64.7 Å². The van der Waals surface area contributed by atoms with Crippen LogP contribution in [0.25, 0.3) is 0 Å². The second-order valence-electron chi connectivity index (χ2n) is 11.2.